The molecule has 3 nitrogen and oxygen atoms in total. The minimum atomic E-state index is -2.53. The Hall–Kier alpha value is -2.47. The fraction of sp³-hybridized carbons (Fsp3) is 0.533. The van der Waals surface area contributed by atoms with Gasteiger partial charge in [0.2, 0.25) is 5.92 Å². The van der Waals surface area contributed by atoms with Crippen molar-refractivity contribution in [3.05, 3.63) is 64.7 Å². The highest BCUT2D eigenvalue weighted by atomic mass is 19.3. The molecule has 6 heteroatoms. The first-order valence-corrected chi connectivity index (χ1v) is 13.5. The third-order valence-electron chi connectivity index (χ3n) is 8.10. The molecule has 1 heterocycles. The van der Waals surface area contributed by atoms with Crippen LogP contribution < -0.4 is 10.5 Å². The minimum absolute atomic E-state index is 0.0282. The molecule has 2 fully saturated rings. The Morgan fingerprint density at radius 2 is 1.78 bits per heavy atom. The molecule has 0 bridgehead atoms. The van der Waals surface area contributed by atoms with Crippen molar-refractivity contribution in [3.8, 4) is 5.75 Å². The Bertz CT molecular complexity index is 1070. The average molecular weight is 499 g/mol. The van der Waals surface area contributed by atoms with Crippen molar-refractivity contribution in [1.29, 1.82) is 0 Å². The van der Waals surface area contributed by atoms with Gasteiger partial charge in [0.05, 0.1) is 6.67 Å². The Morgan fingerprint density at radius 1 is 1.00 bits per heavy atom. The van der Waals surface area contributed by atoms with Gasteiger partial charge in [-0.15, -0.1) is 0 Å². The first-order chi connectivity index (χ1) is 17.4. The number of benzene rings is 2. The van der Waals surface area contributed by atoms with Crippen molar-refractivity contribution in [1.82, 2.24) is 4.90 Å². The van der Waals surface area contributed by atoms with Crippen molar-refractivity contribution in [2.45, 2.75) is 69.8 Å². The molecule has 2 aromatic carbocycles. The lowest BCUT2D eigenvalue weighted by Gasteiger charge is -2.31. The summed E-state index contributed by atoms with van der Waals surface area (Å²) >= 11 is 0. The van der Waals surface area contributed by atoms with Crippen LogP contribution in [0.1, 0.15) is 68.1 Å². The monoisotopic (exact) mass is 498 g/mol. The van der Waals surface area contributed by atoms with E-state index in [0.717, 1.165) is 62.3 Å². The number of alkyl halides is 3. The predicted octanol–water partition coefficient (Wildman–Crippen LogP) is 7.05. The number of aryl methyl sites for hydroxylation is 1. The molecule has 194 valence electrons. The molecule has 1 unspecified atom stereocenters. The van der Waals surface area contributed by atoms with Crippen LogP contribution in [0, 0.1) is 5.92 Å². The number of nitrogens with two attached hydrogens (primary N) is 1. The van der Waals surface area contributed by atoms with Crippen LogP contribution >= 0.6 is 0 Å². The smallest absolute Gasteiger partial charge is 0.248 e. The van der Waals surface area contributed by atoms with Crippen molar-refractivity contribution in [2.24, 2.45) is 5.92 Å². The van der Waals surface area contributed by atoms with Crippen LogP contribution in [0.25, 0.3) is 5.57 Å². The number of hydrogen-bond donors (Lipinski definition) is 1. The van der Waals surface area contributed by atoms with Gasteiger partial charge >= 0.3 is 0 Å². The van der Waals surface area contributed by atoms with Gasteiger partial charge in [0, 0.05) is 38.2 Å². The van der Waals surface area contributed by atoms with Crippen LogP contribution in [-0.4, -0.2) is 43.2 Å². The van der Waals surface area contributed by atoms with Crippen LogP contribution in [0.15, 0.2) is 48.0 Å². The number of likely N-dealkylation sites (tertiary alicyclic amines) is 1. The second-order valence-electron chi connectivity index (χ2n) is 10.7. The molecule has 1 saturated carbocycles. The average Bonchev–Trinajstić information content (AvgIpc) is 3.22. The molecule has 2 N–H and O–H groups in total. The molecule has 0 radical (unpaired) electrons. The predicted molar refractivity (Wildman–Crippen MR) is 139 cm³/mol. The third-order valence-corrected chi connectivity index (χ3v) is 8.10. The maximum Gasteiger partial charge on any atom is 0.248 e. The number of allylic oxidation sites excluding steroid dienone is 1. The number of nitrogen functional groups attached to an aromatic ring is 1. The van der Waals surface area contributed by atoms with E-state index < -0.39 is 5.92 Å². The van der Waals surface area contributed by atoms with Gasteiger partial charge in [-0.2, -0.15) is 0 Å². The van der Waals surface area contributed by atoms with Gasteiger partial charge in [-0.3, -0.25) is 9.29 Å². The minimum Gasteiger partial charge on any atom is -0.489 e. The molecule has 5 rings (SSSR count). The molecule has 1 atom stereocenters. The molecular formula is C30H37F3N2O. The zero-order valence-corrected chi connectivity index (χ0v) is 21.0. The highest BCUT2D eigenvalue weighted by molar-refractivity contribution is 5.85. The standard InChI is InChI=1S/C30H37F3N2O/c31-16-2-17-35-18-13-26(20-35)36-25-8-5-22(6-9-25)29-27(21-11-14-30(32,33)15-12-21)4-1-3-23-19-24(34)7-10-28(23)29/h5-10,19,21,26H,1-4,11-18,20,34H2. The van der Waals surface area contributed by atoms with Crippen molar-refractivity contribution in [3.63, 3.8) is 0 Å². The Balaban J connectivity index is 1.41. The van der Waals surface area contributed by atoms with Gasteiger partial charge in [-0.1, -0.05) is 23.8 Å². The topological polar surface area (TPSA) is 38.5 Å². The van der Waals surface area contributed by atoms with Crippen LogP contribution in [0.3, 0.4) is 0 Å². The number of rotatable bonds is 7. The second kappa shape index (κ2) is 10.9. The van der Waals surface area contributed by atoms with Crippen LogP contribution in [0.2, 0.25) is 0 Å². The van der Waals surface area contributed by atoms with Gasteiger partial charge in [0.1, 0.15) is 11.9 Å². The molecule has 2 aliphatic carbocycles. The maximum atomic E-state index is 14.0. The summed E-state index contributed by atoms with van der Waals surface area (Å²) in [6.45, 7) is 2.28. The molecule has 0 aromatic heterocycles. The van der Waals surface area contributed by atoms with E-state index in [4.69, 9.17) is 10.5 Å². The number of halogens is 3. The van der Waals surface area contributed by atoms with Gasteiger partial charge in [0.15, 0.2) is 0 Å². The van der Waals surface area contributed by atoms with Gasteiger partial charge < -0.3 is 10.5 Å². The van der Waals surface area contributed by atoms with Crippen molar-refractivity contribution < 1.29 is 17.9 Å². The Labute approximate surface area is 212 Å². The number of hydrogen-bond acceptors (Lipinski definition) is 3. The normalized spacial score (nSPS) is 22.9. The highest BCUT2D eigenvalue weighted by Gasteiger charge is 2.37. The molecule has 0 amide bonds. The second-order valence-corrected chi connectivity index (χ2v) is 10.7. The Morgan fingerprint density at radius 3 is 2.53 bits per heavy atom. The van der Waals surface area contributed by atoms with Crippen molar-refractivity contribution >= 4 is 11.3 Å². The van der Waals surface area contributed by atoms with Gasteiger partial charge in [0.25, 0.3) is 0 Å². The van der Waals surface area contributed by atoms with Crippen LogP contribution in [0.4, 0.5) is 18.9 Å². The van der Waals surface area contributed by atoms with E-state index in [1.807, 2.05) is 18.2 Å². The SMILES string of the molecule is Nc1ccc2c(c1)CCCC(C1CCC(F)(F)CC1)=C2c1ccc(OC2CCN(CCCF)C2)cc1. The summed E-state index contributed by atoms with van der Waals surface area (Å²) in [5.74, 6) is -1.51. The van der Waals surface area contributed by atoms with E-state index >= 15 is 0 Å². The van der Waals surface area contributed by atoms with E-state index in [1.54, 1.807) is 0 Å². The van der Waals surface area contributed by atoms with Crippen molar-refractivity contribution in [2.75, 3.05) is 32.0 Å². The fourth-order valence-corrected chi connectivity index (χ4v) is 6.24. The molecule has 1 saturated heterocycles. The number of ether oxygens (including phenoxy) is 1. The molecular weight excluding hydrogens is 461 g/mol. The van der Waals surface area contributed by atoms with Crippen LogP contribution in [-0.2, 0) is 6.42 Å². The summed E-state index contributed by atoms with van der Waals surface area (Å²) in [5.41, 5.74) is 12.9. The summed E-state index contributed by atoms with van der Waals surface area (Å²) in [5, 5.41) is 0. The summed E-state index contributed by atoms with van der Waals surface area (Å²) in [7, 11) is 0. The lowest BCUT2D eigenvalue weighted by molar-refractivity contribution is -0.0423. The molecule has 36 heavy (non-hydrogen) atoms. The summed E-state index contributed by atoms with van der Waals surface area (Å²) < 4.78 is 46.7. The van der Waals surface area contributed by atoms with Gasteiger partial charge in [-0.25, -0.2) is 8.78 Å². The number of fused-ring (bicyclic) bond motifs is 1. The molecule has 3 aliphatic rings. The zero-order valence-electron chi connectivity index (χ0n) is 21.0. The number of nitrogens with zero attached hydrogens (tertiary/aromatic N) is 1. The largest absolute Gasteiger partial charge is 0.489 e. The first kappa shape index (κ1) is 25.2. The zero-order chi connectivity index (χ0) is 25.1. The lowest BCUT2D eigenvalue weighted by atomic mass is 9.77. The van der Waals surface area contributed by atoms with E-state index in [-0.39, 0.29) is 31.5 Å². The van der Waals surface area contributed by atoms with E-state index in [2.05, 4.69) is 29.2 Å². The van der Waals surface area contributed by atoms with E-state index in [1.165, 1.54) is 22.3 Å². The quantitative estimate of drug-likeness (QED) is 0.416. The molecule has 2 aromatic rings. The first-order valence-electron chi connectivity index (χ1n) is 13.5. The van der Waals surface area contributed by atoms with E-state index in [9.17, 15) is 13.2 Å². The third kappa shape index (κ3) is 5.74. The summed E-state index contributed by atoms with van der Waals surface area (Å²) in [6.07, 6.45) is 5.54. The Kier molecular flexibility index (Phi) is 7.61. The molecule has 1 aliphatic heterocycles. The van der Waals surface area contributed by atoms with Gasteiger partial charge in [-0.05, 0) is 97.4 Å². The fourth-order valence-electron chi connectivity index (χ4n) is 6.24. The maximum absolute atomic E-state index is 14.0. The molecule has 0 spiro atoms. The summed E-state index contributed by atoms with van der Waals surface area (Å²) in [4.78, 5) is 2.26. The van der Waals surface area contributed by atoms with Crippen LogP contribution in [0.5, 0.6) is 5.75 Å². The highest BCUT2D eigenvalue weighted by Crippen LogP contribution is 2.46. The summed E-state index contributed by atoms with van der Waals surface area (Å²) in [6, 6.07) is 14.4. The number of anilines is 1. The lowest BCUT2D eigenvalue weighted by Crippen LogP contribution is -2.26. The van der Waals surface area contributed by atoms with E-state index in [0.29, 0.717) is 19.3 Å².